The van der Waals surface area contributed by atoms with Gasteiger partial charge in [0.05, 0.1) is 31.9 Å². The number of ether oxygens (including phenoxy) is 2. The Bertz CT molecular complexity index is 2240. The van der Waals surface area contributed by atoms with E-state index in [1.165, 1.54) is 29.0 Å². The van der Waals surface area contributed by atoms with Gasteiger partial charge in [-0.15, -0.1) is 0 Å². The van der Waals surface area contributed by atoms with Gasteiger partial charge in [0.25, 0.3) is 11.2 Å². The molecule has 0 amide bonds. The minimum Gasteiger partial charge on any atom is -0.493 e. The molecule has 7 rings (SSSR count). The number of halogens is 2. The third-order valence-electron chi connectivity index (χ3n) is 8.15. The van der Waals surface area contributed by atoms with Gasteiger partial charge >= 0.3 is 0 Å². The number of methoxy groups -OCH3 is 1. The molecule has 0 bridgehead atoms. The van der Waals surface area contributed by atoms with Crippen molar-refractivity contribution in [2.24, 2.45) is 4.99 Å². The lowest BCUT2D eigenvalue weighted by Gasteiger charge is -2.31. The maximum Gasteiger partial charge on any atom is 0.271 e. The van der Waals surface area contributed by atoms with Crippen molar-refractivity contribution < 1.29 is 14.4 Å². The topological polar surface area (TPSA) is 96.0 Å². The molecule has 0 spiro atoms. The molecule has 0 saturated heterocycles. The van der Waals surface area contributed by atoms with Crippen LogP contribution in [0.2, 0.25) is 5.02 Å². The van der Waals surface area contributed by atoms with E-state index in [1.54, 1.807) is 23.8 Å². The highest BCUT2D eigenvalue weighted by atomic mass is 127. The van der Waals surface area contributed by atoms with Gasteiger partial charge in [0.15, 0.2) is 16.3 Å². The number of aryl methyl sites for hydroxylation is 1. The van der Waals surface area contributed by atoms with Crippen molar-refractivity contribution in [3.63, 3.8) is 0 Å². The first-order valence-corrected chi connectivity index (χ1v) is 16.7. The number of nitrogens with zero attached hydrogens (tertiary/aromatic N) is 3. The third kappa shape index (κ3) is 5.54. The van der Waals surface area contributed by atoms with Gasteiger partial charge < -0.3 is 9.47 Å². The Hall–Kier alpha value is -4.26. The number of benzene rings is 4. The largest absolute Gasteiger partial charge is 0.493 e. The predicted octanol–water partition coefficient (Wildman–Crippen LogP) is 7.07. The average Bonchev–Trinajstić information content (AvgIpc) is 3.37. The Labute approximate surface area is 286 Å². The van der Waals surface area contributed by atoms with Crippen LogP contribution in [-0.4, -0.2) is 16.6 Å². The number of aromatic nitrogens is 1. The van der Waals surface area contributed by atoms with Crippen LogP contribution in [0.3, 0.4) is 0 Å². The second-order valence-electron chi connectivity index (χ2n) is 10.9. The van der Waals surface area contributed by atoms with E-state index in [4.69, 9.17) is 26.1 Å². The molecule has 8 nitrogen and oxygen atoms in total. The highest BCUT2D eigenvalue weighted by Gasteiger charge is 2.33. The summed E-state index contributed by atoms with van der Waals surface area (Å²) >= 11 is 10.3. The molecule has 11 heteroatoms. The first-order chi connectivity index (χ1) is 22.3. The highest BCUT2D eigenvalue weighted by molar-refractivity contribution is 14.1. The standard InChI is InChI=1S/C35H25ClIN3O5S/c1-44-29-17-21(16-28(37)33(29)45-19-20-10-13-23(14-11-20)40(42)43)18-30-34(41)39-32(25-8-4-5-9-27(25)36)26-15-12-22-6-2-3-7-24(22)31(26)38-35(39)46-30/h2-11,13-14,16-18,32H,12,15,19H2,1H3/b30-18-. The van der Waals surface area contributed by atoms with Crippen molar-refractivity contribution in [3.05, 3.63) is 157 Å². The predicted molar refractivity (Wildman–Crippen MR) is 187 cm³/mol. The molecule has 1 aliphatic heterocycles. The summed E-state index contributed by atoms with van der Waals surface area (Å²) in [5.41, 5.74) is 6.69. The molecule has 2 heterocycles. The van der Waals surface area contributed by atoms with E-state index in [0.29, 0.717) is 25.9 Å². The minimum atomic E-state index is -0.434. The van der Waals surface area contributed by atoms with Gasteiger partial charge in [0, 0.05) is 22.7 Å². The SMILES string of the molecule is COc1cc(/C=c2\sc3n(c2=O)C(c2ccccc2Cl)C2=C(N=3)c3ccccc3CC2)cc(I)c1OCc1ccc([N+](=O)[O-])cc1. The number of hydrogen-bond donors (Lipinski definition) is 0. The van der Waals surface area contributed by atoms with Crippen LogP contribution in [-0.2, 0) is 13.0 Å². The van der Waals surface area contributed by atoms with Crippen molar-refractivity contribution in [1.82, 2.24) is 4.57 Å². The maximum atomic E-state index is 14.2. The lowest BCUT2D eigenvalue weighted by molar-refractivity contribution is -0.384. The summed E-state index contributed by atoms with van der Waals surface area (Å²) in [7, 11) is 1.56. The normalized spacial score (nSPS) is 15.5. The van der Waals surface area contributed by atoms with E-state index in [0.717, 1.165) is 49.9 Å². The summed E-state index contributed by atoms with van der Waals surface area (Å²) < 4.78 is 14.9. The second-order valence-corrected chi connectivity index (χ2v) is 13.5. The van der Waals surface area contributed by atoms with E-state index < -0.39 is 4.92 Å². The molecule has 4 aromatic carbocycles. The first-order valence-electron chi connectivity index (χ1n) is 14.4. The zero-order valence-corrected chi connectivity index (χ0v) is 28.1. The van der Waals surface area contributed by atoms with Crippen LogP contribution in [0.1, 0.15) is 40.3 Å². The third-order valence-corrected chi connectivity index (χ3v) is 10.3. The molecule has 46 heavy (non-hydrogen) atoms. The lowest BCUT2D eigenvalue weighted by atomic mass is 9.83. The summed E-state index contributed by atoms with van der Waals surface area (Å²) in [5, 5.41) is 11.6. The summed E-state index contributed by atoms with van der Waals surface area (Å²) in [6, 6.07) is 25.7. The monoisotopic (exact) mass is 761 g/mol. The maximum absolute atomic E-state index is 14.2. The zero-order chi connectivity index (χ0) is 31.9. The fourth-order valence-corrected chi connectivity index (χ4v) is 8.00. The van der Waals surface area contributed by atoms with Crippen molar-refractivity contribution in [1.29, 1.82) is 0 Å². The van der Waals surface area contributed by atoms with Gasteiger partial charge in [-0.2, -0.15) is 0 Å². The van der Waals surface area contributed by atoms with Crippen LogP contribution in [0.4, 0.5) is 5.69 Å². The minimum absolute atomic E-state index is 0.0220. The lowest BCUT2D eigenvalue weighted by Crippen LogP contribution is -2.38. The number of allylic oxidation sites excluding steroid dienone is 1. The van der Waals surface area contributed by atoms with Crippen LogP contribution < -0.4 is 24.4 Å². The summed E-state index contributed by atoms with van der Waals surface area (Å²) in [6.45, 7) is 0.206. The van der Waals surface area contributed by atoms with Gasteiger partial charge in [-0.05, 0) is 99.7 Å². The molecular weight excluding hydrogens is 737 g/mol. The fourth-order valence-electron chi connectivity index (χ4n) is 5.98. The molecule has 0 saturated carbocycles. The van der Waals surface area contributed by atoms with Crippen molar-refractivity contribution in [3.8, 4) is 11.5 Å². The Morgan fingerprint density at radius 1 is 1.09 bits per heavy atom. The smallest absolute Gasteiger partial charge is 0.271 e. The number of fused-ring (bicyclic) bond motifs is 3. The van der Waals surface area contributed by atoms with Crippen LogP contribution in [0.5, 0.6) is 11.5 Å². The van der Waals surface area contributed by atoms with Gasteiger partial charge in [-0.3, -0.25) is 19.5 Å². The Morgan fingerprint density at radius 2 is 1.85 bits per heavy atom. The van der Waals surface area contributed by atoms with E-state index >= 15 is 0 Å². The second kappa shape index (κ2) is 12.5. The van der Waals surface area contributed by atoms with Gasteiger partial charge in [0.1, 0.15) is 6.61 Å². The van der Waals surface area contributed by atoms with E-state index in [9.17, 15) is 14.9 Å². The van der Waals surface area contributed by atoms with Crippen molar-refractivity contribution >= 4 is 63.0 Å². The van der Waals surface area contributed by atoms with E-state index in [-0.39, 0.29) is 23.9 Å². The van der Waals surface area contributed by atoms with Crippen LogP contribution in [0, 0.1) is 13.7 Å². The van der Waals surface area contributed by atoms with E-state index in [1.807, 2.05) is 48.5 Å². The number of nitro benzene ring substituents is 1. The molecule has 1 aliphatic carbocycles. The van der Waals surface area contributed by atoms with Crippen LogP contribution in [0.25, 0.3) is 11.8 Å². The molecule has 1 unspecified atom stereocenters. The van der Waals surface area contributed by atoms with Gasteiger partial charge in [-0.25, -0.2) is 4.99 Å². The number of non-ortho nitro benzene ring substituents is 1. The Kier molecular flexibility index (Phi) is 8.26. The van der Waals surface area contributed by atoms with Crippen LogP contribution in [0.15, 0.2) is 100 Å². The highest BCUT2D eigenvalue weighted by Crippen LogP contribution is 2.42. The molecule has 2 aliphatic rings. The number of nitro groups is 1. The molecule has 0 radical (unpaired) electrons. The summed E-state index contributed by atoms with van der Waals surface area (Å²) in [5.74, 6) is 1.05. The van der Waals surface area contributed by atoms with E-state index in [2.05, 4.69) is 40.8 Å². The van der Waals surface area contributed by atoms with Gasteiger partial charge in [-0.1, -0.05) is 65.4 Å². The molecule has 5 aromatic rings. The molecule has 0 fully saturated rings. The number of rotatable bonds is 7. The quantitative estimate of drug-likeness (QED) is 0.101. The fraction of sp³-hybridized carbons (Fsp3) is 0.143. The average molecular weight is 762 g/mol. The number of hydrogen-bond acceptors (Lipinski definition) is 7. The van der Waals surface area contributed by atoms with Crippen molar-refractivity contribution in [2.45, 2.75) is 25.5 Å². The molecular formula is C35H25ClIN3O5S. The molecule has 1 aromatic heterocycles. The number of thiazole rings is 1. The van der Waals surface area contributed by atoms with Gasteiger partial charge in [0.2, 0.25) is 0 Å². The Morgan fingerprint density at radius 3 is 2.61 bits per heavy atom. The Balaban J connectivity index is 1.29. The first kappa shape index (κ1) is 30.4. The molecule has 0 N–H and O–H groups in total. The summed E-state index contributed by atoms with van der Waals surface area (Å²) in [4.78, 5) is 30.4. The van der Waals surface area contributed by atoms with Crippen molar-refractivity contribution in [2.75, 3.05) is 7.11 Å². The summed E-state index contributed by atoms with van der Waals surface area (Å²) in [6.07, 6.45) is 3.51. The zero-order valence-electron chi connectivity index (χ0n) is 24.4. The molecule has 230 valence electrons. The molecule has 1 atom stereocenters. The van der Waals surface area contributed by atoms with Crippen LogP contribution >= 0.6 is 45.5 Å².